The average Bonchev–Trinajstić information content (AvgIpc) is 3.43. The molecule has 4 rings (SSSR count). The third-order valence-corrected chi connectivity index (χ3v) is 5.80. The van der Waals surface area contributed by atoms with Gasteiger partial charge in [-0.15, -0.1) is 0 Å². The lowest BCUT2D eigenvalue weighted by Crippen LogP contribution is -2.31. The van der Waals surface area contributed by atoms with Gasteiger partial charge < -0.3 is 23.8 Å². The van der Waals surface area contributed by atoms with Crippen molar-refractivity contribution in [3.05, 3.63) is 53.6 Å². The molecule has 0 bridgehead atoms. The minimum Gasteiger partial charge on any atom is -0.497 e. The van der Waals surface area contributed by atoms with Crippen LogP contribution in [-0.2, 0) is 9.53 Å². The topological polar surface area (TPSA) is 74.3 Å². The monoisotopic (exact) mass is 425 g/mol. The van der Waals surface area contributed by atoms with Gasteiger partial charge in [-0.05, 0) is 42.0 Å². The van der Waals surface area contributed by atoms with Crippen LogP contribution in [0.15, 0.2) is 42.5 Å². The highest BCUT2D eigenvalue weighted by molar-refractivity contribution is 5.99. The molecule has 2 aliphatic heterocycles. The van der Waals surface area contributed by atoms with Crippen molar-refractivity contribution >= 4 is 11.7 Å². The summed E-state index contributed by atoms with van der Waals surface area (Å²) in [6, 6.07) is 12.7. The predicted octanol–water partition coefficient (Wildman–Crippen LogP) is 3.07. The van der Waals surface area contributed by atoms with E-state index < -0.39 is 0 Å². The van der Waals surface area contributed by atoms with E-state index in [1.54, 1.807) is 43.4 Å². The summed E-state index contributed by atoms with van der Waals surface area (Å²) in [5.74, 6) is 1.91. The number of benzene rings is 2. The molecule has 2 fully saturated rings. The first-order valence-corrected chi connectivity index (χ1v) is 10.4. The SMILES string of the molecule is COc1ccc(C(=O)CN2C[C@H](c3ccc(OC)c(O[C@@H]4CCOC4)c3)CC2=O)cc1. The summed E-state index contributed by atoms with van der Waals surface area (Å²) in [4.78, 5) is 26.9. The second kappa shape index (κ2) is 9.39. The predicted molar refractivity (Wildman–Crippen MR) is 114 cm³/mol. The van der Waals surface area contributed by atoms with Crippen LogP contribution in [-0.4, -0.2) is 63.2 Å². The van der Waals surface area contributed by atoms with Crippen LogP contribution in [0.4, 0.5) is 0 Å². The van der Waals surface area contributed by atoms with Gasteiger partial charge in [0.1, 0.15) is 11.9 Å². The Balaban J connectivity index is 1.43. The van der Waals surface area contributed by atoms with E-state index in [-0.39, 0.29) is 30.3 Å². The fourth-order valence-electron chi connectivity index (χ4n) is 4.01. The first kappa shape index (κ1) is 21.2. The summed E-state index contributed by atoms with van der Waals surface area (Å²) in [7, 11) is 3.19. The number of carbonyl (C=O) groups is 2. The van der Waals surface area contributed by atoms with E-state index in [1.165, 1.54) is 0 Å². The van der Waals surface area contributed by atoms with Crippen LogP contribution in [0.3, 0.4) is 0 Å². The molecule has 0 N–H and O–H groups in total. The van der Waals surface area contributed by atoms with Crippen molar-refractivity contribution in [2.24, 2.45) is 0 Å². The molecule has 2 heterocycles. The number of ether oxygens (including phenoxy) is 4. The Bertz CT molecular complexity index is 936. The highest BCUT2D eigenvalue weighted by Gasteiger charge is 2.32. The molecule has 2 saturated heterocycles. The molecule has 2 aromatic carbocycles. The van der Waals surface area contributed by atoms with Gasteiger partial charge in [-0.3, -0.25) is 9.59 Å². The van der Waals surface area contributed by atoms with Gasteiger partial charge in [0.15, 0.2) is 17.3 Å². The van der Waals surface area contributed by atoms with Crippen LogP contribution < -0.4 is 14.2 Å². The van der Waals surface area contributed by atoms with Gasteiger partial charge in [0, 0.05) is 30.9 Å². The second-order valence-electron chi connectivity index (χ2n) is 7.84. The number of nitrogens with zero attached hydrogens (tertiary/aromatic N) is 1. The number of hydrogen-bond acceptors (Lipinski definition) is 6. The fourth-order valence-corrected chi connectivity index (χ4v) is 4.01. The molecule has 1 amide bonds. The van der Waals surface area contributed by atoms with Gasteiger partial charge in [0.2, 0.25) is 5.91 Å². The summed E-state index contributed by atoms with van der Waals surface area (Å²) in [5.41, 5.74) is 1.57. The number of Topliss-reactive ketones (excluding diaryl/α,β-unsaturated/α-hetero) is 1. The number of rotatable bonds is 8. The number of amides is 1. The summed E-state index contributed by atoms with van der Waals surface area (Å²) in [6.07, 6.45) is 1.22. The van der Waals surface area contributed by atoms with Crippen LogP contribution >= 0.6 is 0 Å². The summed E-state index contributed by atoms with van der Waals surface area (Å²) in [6.45, 7) is 1.83. The Hall–Kier alpha value is -3.06. The minimum absolute atomic E-state index is 0.00394. The lowest BCUT2D eigenvalue weighted by Gasteiger charge is -2.19. The van der Waals surface area contributed by atoms with E-state index in [4.69, 9.17) is 18.9 Å². The normalized spacial score (nSPS) is 20.7. The maximum atomic E-state index is 12.6. The number of hydrogen-bond donors (Lipinski definition) is 0. The zero-order valence-corrected chi connectivity index (χ0v) is 17.8. The van der Waals surface area contributed by atoms with Crippen LogP contribution in [0.25, 0.3) is 0 Å². The zero-order chi connectivity index (χ0) is 21.8. The molecule has 7 heteroatoms. The van der Waals surface area contributed by atoms with Gasteiger partial charge in [-0.25, -0.2) is 0 Å². The minimum atomic E-state index is -0.0864. The molecule has 2 aliphatic rings. The van der Waals surface area contributed by atoms with Crippen LogP contribution in [0.5, 0.6) is 17.2 Å². The first-order valence-electron chi connectivity index (χ1n) is 10.4. The number of carbonyl (C=O) groups excluding carboxylic acids is 2. The molecule has 0 radical (unpaired) electrons. The molecule has 2 aromatic rings. The molecule has 0 aromatic heterocycles. The number of likely N-dealkylation sites (tertiary alicyclic amines) is 1. The smallest absolute Gasteiger partial charge is 0.223 e. The first-order chi connectivity index (χ1) is 15.1. The maximum absolute atomic E-state index is 12.6. The van der Waals surface area contributed by atoms with Crippen LogP contribution in [0.1, 0.15) is 34.7 Å². The highest BCUT2D eigenvalue weighted by atomic mass is 16.6. The molecule has 0 spiro atoms. The average molecular weight is 425 g/mol. The Kier molecular flexibility index (Phi) is 6.42. The molecule has 2 atom stereocenters. The van der Waals surface area contributed by atoms with E-state index in [2.05, 4.69) is 0 Å². The molecule has 164 valence electrons. The van der Waals surface area contributed by atoms with Gasteiger partial charge in [0.25, 0.3) is 0 Å². The fraction of sp³-hybridized carbons (Fsp3) is 0.417. The molecule has 31 heavy (non-hydrogen) atoms. The van der Waals surface area contributed by atoms with E-state index >= 15 is 0 Å². The summed E-state index contributed by atoms with van der Waals surface area (Å²) in [5, 5.41) is 0. The standard InChI is InChI=1S/C24H27NO6/c1-28-19-6-3-16(4-7-19)21(26)14-25-13-18(12-24(25)27)17-5-8-22(29-2)23(11-17)31-20-9-10-30-15-20/h3-8,11,18,20H,9-10,12-15H2,1-2H3/t18-,20-/m1/s1. The molecule has 0 saturated carbocycles. The van der Waals surface area contributed by atoms with E-state index in [9.17, 15) is 9.59 Å². The maximum Gasteiger partial charge on any atom is 0.223 e. The molecular weight excluding hydrogens is 398 g/mol. The van der Waals surface area contributed by atoms with E-state index in [0.717, 1.165) is 12.0 Å². The zero-order valence-electron chi connectivity index (χ0n) is 17.8. The number of methoxy groups -OCH3 is 2. The Morgan fingerprint density at radius 2 is 1.90 bits per heavy atom. The molecule has 0 unspecified atom stereocenters. The quantitative estimate of drug-likeness (QED) is 0.605. The highest BCUT2D eigenvalue weighted by Crippen LogP contribution is 2.36. The van der Waals surface area contributed by atoms with E-state index in [1.807, 2.05) is 18.2 Å². The summed E-state index contributed by atoms with van der Waals surface area (Å²) >= 11 is 0. The van der Waals surface area contributed by atoms with Crippen molar-refractivity contribution in [3.63, 3.8) is 0 Å². The van der Waals surface area contributed by atoms with Crippen molar-refractivity contribution in [2.75, 3.05) is 40.5 Å². The Labute approximate surface area is 181 Å². The lowest BCUT2D eigenvalue weighted by atomic mass is 9.98. The summed E-state index contributed by atoms with van der Waals surface area (Å²) < 4.78 is 22.0. The third-order valence-electron chi connectivity index (χ3n) is 5.80. The van der Waals surface area contributed by atoms with Crippen molar-refractivity contribution in [1.82, 2.24) is 4.90 Å². The Morgan fingerprint density at radius 1 is 1.10 bits per heavy atom. The second-order valence-corrected chi connectivity index (χ2v) is 7.84. The van der Waals surface area contributed by atoms with Crippen molar-refractivity contribution in [3.8, 4) is 17.2 Å². The molecule has 0 aliphatic carbocycles. The van der Waals surface area contributed by atoms with Gasteiger partial charge in [-0.2, -0.15) is 0 Å². The van der Waals surface area contributed by atoms with Crippen molar-refractivity contribution in [2.45, 2.75) is 24.9 Å². The van der Waals surface area contributed by atoms with Crippen molar-refractivity contribution < 1.29 is 28.5 Å². The lowest BCUT2D eigenvalue weighted by molar-refractivity contribution is -0.127. The van der Waals surface area contributed by atoms with Gasteiger partial charge in [0.05, 0.1) is 34.0 Å². The largest absolute Gasteiger partial charge is 0.497 e. The van der Waals surface area contributed by atoms with Gasteiger partial charge in [-0.1, -0.05) is 6.07 Å². The van der Waals surface area contributed by atoms with Crippen molar-refractivity contribution in [1.29, 1.82) is 0 Å². The number of ketones is 1. The van der Waals surface area contributed by atoms with Crippen LogP contribution in [0, 0.1) is 0 Å². The van der Waals surface area contributed by atoms with Crippen LogP contribution in [0.2, 0.25) is 0 Å². The molecule has 7 nitrogen and oxygen atoms in total. The third kappa shape index (κ3) is 4.82. The van der Waals surface area contributed by atoms with E-state index in [0.29, 0.717) is 49.0 Å². The molecular formula is C24H27NO6. The Morgan fingerprint density at radius 3 is 2.58 bits per heavy atom. The van der Waals surface area contributed by atoms with Gasteiger partial charge >= 0.3 is 0 Å².